The molecule has 0 bridgehead atoms. The number of benzene rings is 2. The van der Waals surface area contributed by atoms with E-state index in [1.54, 1.807) is 12.1 Å². The second-order valence-corrected chi connectivity index (χ2v) is 6.88. The number of hydrogen-bond acceptors (Lipinski definition) is 4. The van der Waals surface area contributed by atoms with Crippen molar-refractivity contribution in [2.75, 3.05) is 25.2 Å². The lowest BCUT2D eigenvalue weighted by molar-refractivity contribution is -0.114. The van der Waals surface area contributed by atoms with E-state index in [-0.39, 0.29) is 18.7 Å². The van der Waals surface area contributed by atoms with Crippen molar-refractivity contribution in [3.05, 3.63) is 66.2 Å². The number of ether oxygens (including phenoxy) is 1. The molecule has 1 amide bonds. The maximum absolute atomic E-state index is 13.6. The average Bonchev–Trinajstić information content (AvgIpc) is 3.10. The summed E-state index contributed by atoms with van der Waals surface area (Å²) in [6.07, 6.45) is -4.05. The monoisotopic (exact) mass is 406 g/mol. The Balaban J connectivity index is 2.01. The fraction of sp³-hybridized carbons (Fsp3) is 0.200. The lowest BCUT2D eigenvalue weighted by Crippen LogP contribution is -2.33. The first-order valence-corrected chi connectivity index (χ1v) is 9.22. The zero-order valence-electron chi connectivity index (χ0n) is 14.9. The molecule has 0 saturated carbocycles. The molecule has 28 heavy (non-hydrogen) atoms. The van der Waals surface area contributed by atoms with Gasteiger partial charge in [0.1, 0.15) is 0 Å². The summed E-state index contributed by atoms with van der Waals surface area (Å²) in [4.78, 5) is 18.4. The molecular formula is C20H17F3N2O2S. The molecule has 0 saturated heterocycles. The second kappa shape index (κ2) is 8.53. The third kappa shape index (κ3) is 4.58. The lowest BCUT2D eigenvalue weighted by atomic mass is 10.0. The minimum Gasteiger partial charge on any atom is -0.383 e. The Hall–Kier alpha value is -2.71. The zero-order valence-corrected chi connectivity index (χ0v) is 15.8. The van der Waals surface area contributed by atoms with Crippen LogP contribution in [0.2, 0.25) is 0 Å². The number of thiazole rings is 1. The number of anilines is 1. The van der Waals surface area contributed by atoms with Gasteiger partial charge >= 0.3 is 6.18 Å². The number of carbonyl (C=O) groups is 1. The summed E-state index contributed by atoms with van der Waals surface area (Å²) < 4.78 is 46.6. The Morgan fingerprint density at radius 1 is 1.14 bits per heavy atom. The summed E-state index contributed by atoms with van der Waals surface area (Å²) in [5, 5.41) is 0.328. The number of allylic oxidation sites excluding steroid dienone is 1. The van der Waals surface area contributed by atoms with E-state index in [2.05, 4.69) is 4.98 Å². The Morgan fingerprint density at radius 3 is 2.46 bits per heavy atom. The van der Waals surface area contributed by atoms with Gasteiger partial charge in [-0.1, -0.05) is 53.8 Å². The van der Waals surface area contributed by atoms with Gasteiger partial charge in [-0.05, 0) is 17.7 Å². The molecule has 0 N–H and O–H groups in total. The highest BCUT2D eigenvalue weighted by atomic mass is 32.1. The standard InChI is InChI=1S/C20H17F3N2O2S/c1-27-12-11-25(19-24-16-9-5-6-10-17(16)28-19)18(26)13-15(20(21,22)23)14-7-3-2-4-8-14/h2-10,13H,11-12H2,1H3/b15-13-. The van der Waals surface area contributed by atoms with E-state index in [4.69, 9.17) is 4.74 Å². The number of carbonyl (C=O) groups excluding carboxylic acids is 1. The molecule has 0 aliphatic rings. The van der Waals surface area contributed by atoms with Crippen LogP contribution < -0.4 is 4.90 Å². The van der Waals surface area contributed by atoms with Gasteiger partial charge in [-0.3, -0.25) is 9.69 Å². The number of aromatic nitrogens is 1. The van der Waals surface area contributed by atoms with E-state index in [0.717, 1.165) is 4.70 Å². The molecule has 3 rings (SSSR count). The predicted molar refractivity (Wildman–Crippen MR) is 104 cm³/mol. The maximum Gasteiger partial charge on any atom is 0.417 e. The van der Waals surface area contributed by atoms with Crippen molar-refractivity contribution in [1.82, 2.24) is 4.98 Å². The number of fused-ring (bicyclic) bond motifs is 1. The van der Waals surface area contributed by atoms with Crippen molar-refractivity contribution < 1.29 is 22.7 Å². The first-order valence-electron chi connectivity index (χ1n) is 8.40. The van der Waals surface area contributed by atoms with Crippen molar-refractivity contribution in [1.29, 1.82) is 0 Å². The molecule has 0 atom stereocenters. The maximum atomic E-state index is 13.6. The molecule has 0 aliphatic heterocycles. The van der Waals surface area contributed by atoms with Gasteiger partial charge in [0, 0.05) is 13.2 Å². The first kappa shape index (κ1) is 20.0. The molecular weight excluding hydrogens is 389 g/mol. The van der Waals surface area contributed by atoms with Gasteiger partial charge in [0.2, 0.25) is 0 Å². The first-order chi connectivity index (χ1) is 13.4. The summed E-state index contributed by atoms with van der Waals surface area (Å²) in [5.41, 5.74) is -0.387. The fourth-order valence-corrected chi connectivity index (χ4v) is 3.60. The van der Waals surface area contributed by atoms with Crippen molar-refractivity contribution in [3.63, 3.8) is 0 Å². The molecule has 1 heterocycles. The number of nitrogens with zero attached hydrogens (tertiary/aromatic N) is 2. The molecule has 3 aromatic rings. The normalized spacial score (nSPS) is 12.4. The SMILES string of the molecule is COCCN(C(=O)/C=C(/c1ccccc1)C(F)(F)F)c1nc2ccccc2s1. The molecule has 4 nitrogen and oxygen atoms in total. The molecule has 0 unspecified atom stereocenters. The van der Waals surface area contributed by atoms with Crippen LogP contribution in [0.4, 0.5) is 18.3 Å². The van der Waals surface area contributed by atoms with Crippen molar-refractivity contribution in [2.24, 2.45) is 0 Å². The van der Waals surface area contributed by atoms with Crippen LogP contribution in [0.5, 0.6) is 0 Å². The number of amides is 1. The molecule has 0 fully saturated rings. The third-order valence-electron chi connectivity index (χ3n) is 3.96. The number of halogens is 3. The van der Waals surface area contributed by atoms with E-state index in [1.807, 2.05) is 18.2 Å². The van der Waals surface area contributed by atoms with Crippen LogP contribution >= 0.6 is 11.3 Å². The highest BCUT2D eigenvalue weighted by Crippen LogP contribution is 2.35. The summed E-state index contributed by atoms with van der Waals surface area (Å²) in [6, 6.07) is 14.5. The van der Waals surface area contributed by atoms with E-state index >= 15 is 0 Å². The van der Waals surface area contributed by atoms with Gasteiger partial charge in [-0.15, -0.1) is 0 Å². The molecule has 146 valence electrons. The van der Waals surface area contributed by atoms with Crippen LogP contribution in [0.25, 0.3) is 15.8 Å². The van der Waals surface area contributed by atoms with Gasteiger partial charge < -0.3 is 4.74 Å². The fourth-order valence-electron chi connectivity index (χ4n) is 2.61. The average molecular weight is 406 g/mol. The topological polar surface area (TPSA) is 42.4 Å². The second-order valence-electron chi connectivity index (χ2n) is 5.87. The van der Waals surface area contributed by atoms with E-state index in [0.29, 0.717) is 16.7 Å². The lowest BCUT2D eigenvalue weighted by Gasteiger charge is -2.19. The molecule has 0 aliphatic carbocycles. The molecule has 8 heteroatoms. The van der Waals surface area contributed by atoms with Gasteiger partial charge in [0.15, 0.2) is 5.13 Å². The van der Waals surface area contributed by atoms with Crippen LogP contribution in [-0.4, -0.2) is 37.3 Å². The Labute approximate surface area is 163 Å². The summed E-state index contributed by atoms with van der Waals surface area (Å²) >= 11 is 1.24. The summed E-state index contributed by atoms with van der Waals surface area (Å²) in [5.74, 6) is -0.799. The van der Waals surface area contributed by atoms with Crippen molar-refractivity contribution >= 4 is 38.2 Å². The van der Waals surface area contributed by atoms with Gasteiger partial charge in [-0.2, -0.15) is 13.2 Å². The number of para-hydroxylation sites is 1. The van der Waals surface area contributed by atoms with Crippen molar-refractivity contribution in [3.8, 4) is 0 Å². The van der Waals surface area contributed by atoms with Crippen LogP contribution in [0.1, 0.15) is 5.56 Å². The van der Waals surface area contributed by atoms with E-state index in [1.165, 1.54) is 47.6 Å². The van der Waals surface area contributed by atoms with Gasteiger partial charge in [-0.25, -0.2) is 4.98 Å². The Morgan fingerprint density at radius 2 is 1.82 bits per heavy atom. The molecule has 0 spiro atoms. The third-order valence-corrected chi connectivity index (χ3v) is 5.02. The summed E-state index contributed by atoms with van der Waals surface area (Å²) in [6.45, 7) is 0.258. The minimum absolute atomic E-state index is 0.0701. The Kier molecular flexibility index (Phi) is 6.11. The van der Waals surface area contributed by atoms with E-state index < -0.39 is 17.7 Å². The smallest absolute Gasteiger partial charge is 0.383 e. The largest absolute Gasteiger partial charge is 0.417 e. The summed E-state index contributed by atoms with van der Waals surface area (Å²) in [7, 11) is 1.46. The Bertz CT molecular complexity index is 951. The molecule has 0 radical (unpaired) electrons. The van der Waals surface area contributed by atoms with Crippen molar-refractivity contribution in [2.45, 2.75) is 6.18 Å². The highest BCUT2D eigenvalue weighted by Gasteiger charge is 2.36. The zero-order chi connectivity index (χ0) is 20.1. The number of rotatable bonds is 6. The number of alkyl halides is 3. The predicted octanol–water partition coefficient (Wildman–Crippen LogP) is 4.92. The van der Waals surface area contributed by atoms with Crippen LogP contribution in [-0.2, 0) is 9.53 Å². The minimum atomic E-state index is -4.67. The van der Waals surface area contributed by atoms with Gasteiger partial charge in [0.05, 0.1) is 28.9 Å². The van der Waals surface area contributed by atoms with E-state index in [9.17, 15) is 18.0 Å². The molecule has 2 aromatic carbocycles. The van der Waals surface area contributed by atoms with Crippen LogP contribution in [0, 0.1) is 0 Å². The van der Waals surface area contributed by atoms with Crippen LogP contribution in [0.15, 0.2) is 60.7 Å². The number of methoxy groups -OCH3 is 1. The van der Waals surface area contributed by atoms with Crippen LogP contribution in [0.3, 0.4) is 0 Å². The highest BCUT2D eigenvalue weighted by molar-refractivity contribution is 7.22. The van der Waals surface area contributed by atoms with Gasteiger partial charge in [0.25, 0.3) is 5.91 Å². The number of hydrogen-bond donors (Lipinski definition) is 0. The quantitative estimate of drug-likeness (QED) is 0.546. The molecule has 1 aromatic heterocycles.